The quantitative estimate of drug-likeness (QED) is 0.513. The van der Waals surface area contributed by atoms with Crippen molar-refractivity contribution < 1.29 is 5.11 Å². The van der Waals surface area contributed by atoms with Crippen LogP contribution in [-0.2, 0) is 0 Å². The van der Waals surface area contributed by atoms with Gasteiger partial charge in [-0.25, -0.2) is 0 Å². The second kappa shape index (κ2) is 6.05. The van der Waals surface area contributed by atoms with Crippen molar-refractivity contribution >= 4 is 0 Å². The number of hydrogen-bond acceptors (Lipinski definition) is 2. The molecule has 0 unspecified atom stereocenters. The Balaban J connectivity index is 0.000000291. The number of aliphatic hydroxyl groups is 1. The molecule has 1 saturated carbocycles. The van der Waals surface area contributed by atoms with Gasteiger partial charge in [-0.3, -0.25) is 0 Å². The van der Waals surface area contributed by atoms with Gasteiger partial charge < -0.3 is 10.8 Å². The lowest BCUT2D eigenvalue weighted by atomic mass is 9.97. The molecule has 0 aromatic heterocycles. The summed E-state index contributed by atoms with van der Waals surface area (Å²) in [6, 6.07) is 0.536. The molecule has 1 fully saturated rings. The van der Waals surface area contributed by atoms with Gasteiger partial charge in [-0.2, -0.15) is 0 Å². The zero-order valence-corrected chi connectivity index (χ0v) is 6.14. The van der Waals surface area contributed by atoms with Crippen LogP contribution in [0.5, 0.6) is 0 Å². The highest BCUT2D eigenvalue weighted by atomic mass is 16.2. The van der Waals surface area contributed by atoms with E-state index in [9.17, 15) is 0 Å². The summed E-state index contributed by atoms with van der Waals surface area (Å²) >= 11 is 0. The first-order chi connectivity index (χ1) is 4.39. The molecule has 0 heterocycles. The molecule has 2 nitrogen and oxygen atoms in total. The van der Waals surface area contributed by atoms with Crippen LogP contribution in [0.4, 0.5) is 0 Å². The summed E-state index contributed by atoms with van der Waals surface area (Å²) in [5.74, 6) is 0. The van der Waals surface area contributed by atoms with Gasteiger partial charge in [-0.1, -0.05) is 19.3 Å². The highest BCUT2D eigenvalue weighted by Gasteiger charge is 2.06. The van der Waals surface area contributed by atoms with E-state index in [1.54, 1.807) is 0 Å². The summed E-state index contributed by atoms with van der Waals surface area (Å²) in [6.07, 6.45) is 6.66. The number of aliphatic hydroxyl groups excluding tert-OH is 1. The van der Waals surface area contributed by atoms with Gasteiger partial charge in [0.1, 0.15) is 0 Å². The van der Waals surface area contributed by atoms with Gasteiger partial charge in [0.15, 0.2) is 0 Å². The van der Waals surface area contributed by atoms with E-state index in [0.29, 0.717) is 6.04 Å². The molecule has 0 amide bonds. The van der Waals surface area contributed by atoms with Crippen molar-refractivity contribution in [2.24, 2.45) is 5.73 Å². The lowest BCUT2D eigenvalue weighted by Gasteiger charge is -2.15. The number of nitrogens with two attached hydrogens (primary N) is 1. The standard InChI is InChI=1S/C6H13N.CH4O/c7-6-4-2-1-3-5-6;1-2/h6H,1-5,7H2;2H,1H3. The molecule has 0 bridgehead atoms. The van der Waals surface area contributed by atoms with Gasteiger partial charge >= 0.3 is 0 Å². The fourth-order valence-electron chi connectivity index (χ4n) is 1.13. The van der Waals surface area contributed by atoms with Gasteiger partial charge in [-0.15, -0.1) is 0 Å². The Morgan fingerprint density at radius 2 is 1.56 bits per heavy atom. The molecule has 0 aliphatic heterocycles. The molecule has 3 N–H and O–H groups in total. The zero-order valence-electron chi connectivity index (χ0n) is 6.14. The highest BCUT2D eigenvalue weighted by molar-refractivity contribution is 4.66. The number of hydrogen-bond donors (Lipinski definition) is 2. The topological polar surface area (TPSA) is 46.2 Å². The van der Waals surface area contributed by atoms with Crippen molar-refractivity contribution in [3.63, 3.8) is 0 Å². The first-order valence-corrected chi connectivity index (χ1v) is 3.60. The maximum atomic E-state index is 7.00. The second-order valence-corrected chi connectivity index (χ2v) is 2.40. The molecule has 0 radical (unpaired) electrons. The van der Waals surface area contributed by atoms with E-state index >= 15 is 0 Å². The predicted octanol–water partition coefficient (Wildman–Crippen LogP) is 0.886. The van der Waals surface area contributed by atoms with E-state index in [0.717, 1.165) is 7.11 Å². The van der Waals surface area contributed by atoms with Crippen LogP contribution >= 0.6 is 0 Å². The van der Waals surface area contributed by atoms with Crippen LogP contribution < -0.4 is 5.73 Å². The summed E-state index contributed by atoms with van der Waals surface area (Å²) in [5, 5.41) is 7.00. The Morgan fingerprint density at radius 1 is 1.11 bits per heavy atom. The summed E-state index contributed by atoms with van der Waals surface area (Å²) in [7, 11) is 1.00. The third-order valence-electron chi connectivity index (χ3n) is 1.65. The third kappa shape index (κ3) is 4.43. The maximum absolute atomic E-state index is 7.00. The molecule has 0 spiro atoms. The summed E-state index contributed by atoms with van der Waals surface area (Å²) in [6.45, 7) is 0. The van der Waals surface area contributed by atoms with Crippen LogP contribution in [0.25, 0.3) is 0 Å². The van der Waals surface area contributed by atoms with Gasteiger partial charge in [-0.05, 0) is 12.8 Å². The summed E-state index contributed by atoms with van der Waals surface area (Å²) in [4.78, 5) is 0. The van der Waals surface area contributed by atoms with Crippen molar-refractivity contribution in [1.29, 1.82) is 0 Å². The van der Waals surface area contributed by atoms with Crippen LogP contribution in [0.15, 0.2) is 0 Å². The first kappa shape index (κ1) is 8.92. The molecule has 1 aliphatic rings. The molecule has 56 valence electrons. The van der Waals surface area contributed by atoms with E-state index in [4.69, 9.17) is 10.8 Å². The molecule has 1 rings (SSSR count). The Kier molecular flexibility index (Phi) is 5.99. The molecule has 0 aromatic rings. The average Bonchev–Trinajstić information content (AvgIpc) is 1.94. The van der Waals surface area contributed by atoms with Crippen molar-refractivity contribution in [2.75, 3.05) is 7.11 Å². The summed E-state index contributed by atoms with van der Waals surface area (Å²) in [5.41, 5.74) is 5.63. The Hall–Kier alpha value is -0.0800. The maximum Gasteiger partial charge on any atom is 0.0319 e. The predicted molar refractivity (Wildman–Crippen MR) is 39.2 cm³/mol. The fourth-order valence-corrected chi connectivity index (χ4v) is 1.13. The Bertz CT molecular complexity index is 50.9. The Morgan fingerprint density at radius 3 is 1.78 bits per heavy atom. The highest BCUT2D eigenvalue weighted by Crippen LogP contribution is 2.14. The Labute approximate surface area is 57.1 Å². The monoisotopic (exact) mass is 131 g/mol. The van der Waals surface area contributed by atoms with E-state index in [2.05, 4.69) is 0 Å². The van der Waals surface area contributed by atoms with Crippen LogP contribution in [0, 0.1) is 0 Å². The van der Waals surface area contributed by atoms with Crippen molar-refractivity contribution in [2.45, 2.75) is 38.1 Å². The zero-order chi connectivity index (χ0) is 7.11. The molecule has 0 aromatic carbocycles. The van der Waals surface area contributed by atoms with E-state index in [-0.39, 0.29) is 0 Å². The van der Waals surface area contributed by atoms with Crippen LogP contribution in [0.2, 0.25) is 0 Å². The minimum atomic E-state index is 0.536. The average molecular weight is 131 g/mol. The lowest BCUT2D eigenvalue weighted by molar-refractivity contribution is 0.399. The number of rotatable bonds is 0. The van der Waals surface area contributed by atoms with Crippen LogP contribution in [0.3, 0.4) is 0 Å². The molecule has 0 saturated heterocycles. The largest absolute Gasteiger partial charge is 0.400 e. The minimum Gasteiger partial charge on any atom is -0.400 e. The van der Waals surface area contributed by atoms with Gasteiger partial charge in [0.25, 0.3) is 0 Å². The second-order valence-electron chi connectivity index (χ2n) is 2.40. The normalized spacial score (nSPS) is 20.3. The SMILES string of the molecule is CO.NC1CCCCC1. The smallest absolute Gasteiger partial charge is 0.0319 e. The first-order valence-electron chi connectivity index (χ1n) is 3.60. The minimum absolute atomic E-state index is 0.536. The van der Waals surface area contributed by atoms with Crippen molar-refractivity contribution in [3.8, 4) is 0 Å². The van der Waals surface area contributed by atoms with Gasteiger partial charge in [0, 0.05) is 13.2 Å². The van der Waals surface area contributed by atoms with Gasteiger partial charge in [0.2, 0.25) is 0 Å². The third-order valence-corrected chi connectivity index (χ3v) is 1.65. The van der Waals surface area contributed by atoms with E-state index < -0.39 is 0 Å². The fraction of sp³-hybridized carbons (Fsp3) is 1.00. The molecular weight excluding hydrogens is 114 g/mol. The van der Waals surface area contributed by atoms with Gasteiger partial charge in [0.05, 0.1) is 0 Å². The molecular formula is C7H17NO. The molecule has 1 aliphatic carbocycles. The lowest BCUT2D eigenvalue weighted by Crippen LogP contribution is -2.22. The van der Waals surface area contributed by atoms with Crippen molar-refractivity contribution in [1.82, 2.24) is 0 Å². The summed E-state index contributed by atoms with van der Waals surface area (Å²) < 4.78 is 0. The molecule has 9 heavy (non-hydrogen) atoms. The molecule has 0 atom stereocenters. The van der Waals surface area contributed by atoms with Crippen molar-refractivity contribution in [3.05, 3.63) is 0 Å². The molecule has 2 heteroatoms. The van der Waals surface area contributed by atoms with E-state index in [1.165, 1.54) is 32.1 Å². The van der Waals surface area contributed by atoms with E-state index in [1.807, 2.05) is 0 Å². The van der Waals surface area contributed by atoms with Crippen LogP contribution in [0.1, 0.15) is 32.1 Å². The van der Waals surface area contributed by atoms with Crippen LogP contribution in [-0.4, -0.2) is 18.3 Å².